The van der Waals surface area contributed by atoms with Gasteiger partial charge in [0.2, 0.25) is 11.1 Å². The lowest BCUT2D eigenvalue weighted by atomic mass is 10.1. The standard InChI is InChI=1S/C16H14BrN5O3S/c17-11-4-3-9(25-11)7-10-14(18)22-16(19-15(10)24)26-12(20-22)8-13(23)21-5-1-2-6-21/h3-4,7,18H,1-2,5-6,8H2. The number of nitrogens with zero attached hydrogens (tertiary/aromatic N) is 4. The van der Waals surface area contributed by atoms with Gasteiger partial charge in [-0.1, -0.05) is 0 Å². The zero-order valence-corrected chi connectivity index (χ0v) is 16.0. The maximum Gasteiger partial charge on any atom is 0.283 e. The second kappa shape index (κ2) is 6.84. The van der Waals surface area contributed by atoms with E-state index in [9.17, 15) is 9.59 Å². The fourth-order valence-corrected chi connectivity index (χ4v) is 4.05. The Hall–Kier alpha value is -2.20. The summed E-state index contributed by atoms with van der Waals surface area (Å²) in [5.74, 6) is -0.153. The number of fused-ring (bicyclic) bond motifs is 1. The molecule has 0 bridgehead atoms. The number of carbonyl (C=O) groups excluding carboxylic acids is 2. The topological polar surface area (TPSA) is 102 Å². The molecular formula is C16H14BrN5O3S. The first-order valence-electron chi connectivity index (χ1n) is 8.03. The average molecular weight is 436 g/mol. The van der Waals surface area contributed by atoms with Crippen LogP contribution in [-0.2, 0) is 9.59 Å². The van der Waals surface area contributed by atoms with Crippen LogP contribution >= 0.6 is 27.7 Å². The van der Waals surface area contributed by atoms with E-state index in [0.29, 0.717) is 20.6 Å². The van der Waals surface area contributed by atoms with Gasteiger partial charge >= 0.3 is 0 Å². The normalized spacial score (nSPS) is 21.3. The molecule has 0 saturated carbocycles. The van der Waals surface area contributed by atoms with E-state index in [1.54, 1.807) is 12.1 Å². The number of thioether (sulfide) groups is 1. The van der Waals surface area contributed by atoms with Gasteiger partial charge in [-0.15, -0.1) is 0 Å². The summed E-state index contributed by atoms with van der Waals surface area (Å²) in [6, 6.07) is 3.38. The average Bonchev–Trinajstić information content (AvgIpc) is 3.32. The van der Waals surface area contributed by atoms with Crippen molar-refractivity contribution >= 4 is 61.6 Å². The van der Waals surface area contributed by atoms with Gasteiger partial charge in [0.05, 0.1) is 12.0 Å². The third-order valence-corrected chi connectivity index (χ3v) is 5.47. The van der Waals surface area contributed by atoms with Gasteiger partial charge in [0.25, 0.3) is 5.91 Å². The van der Waals surface area contributed by atoms with E-state index in [0.717, 1.165) is 37.7 Å². The Balaban J connectivity index is 1.54. The molecule has 3 aliphatic rings. The molecule has 4 rings (SSSR count). The highest BCUT2D eigenvalue weighted by atomic mass is 79.9. The third-order valence-electron chi connectivity index (χ3n) is 4.14. The van der Waals surface area contributed by atoms with Crippen molar-refractivity contribution in [2.45, 2.75) is 19.3 Å². The van der Waals surface area contributed by atoms with Crippen molar-refractivity contribution in [1.82, 2.24) is 9.91 Å². The second-order valence-corrected chi connectivity index (χ2v) is 7.74. The number of amidine groups is 2. The minimum atomic E-state index is -0.524. The zero-order valence-electron chi connectivity index (χ0n) is 13.6. The number of likely N-dealkylation sites (tertiary alicyclic amines) is 1. The van der Waals surface area contributed by atoms with Crippen LogP contribution in [0.15, 0.2) is 36.9 Å². The SMILES string of the molecule is N=C1C(=Cc2ccc(Br)o2)C(=O)N=C2SC(CC(=O)N3CCCC3)=NN12. The van der Waals surface area contributed by atoms with Crippen LogP contribution < -0.4 is 0 Å². The summed E-state index contributed by atoms with van der Waals surface area (Å²) >= 11 is 4.36. The molecule has 26 heavy (non-hydrogen) atoms. The lowest BCUT2D eigenvalue weighted by Gasteiger charge is -2.19. The van der Waals surface area contributed by atoms with Crippen LogP contribution in [0, 0.1) is 5.41 Å². The Morgan fingerprint density at radius 3 is 2.85 bits per heavy atom. The van der Waals surface area contributed by atoms with Crippen LogP contribution in [0.1, 0.15) is 25.0 Å². The molecule has 2 amide bonds. The van der Waals surface area contributed by atoms with Crippen molar-refractivity contribution in [3.63, 3.8) is 0 Å². The van der Waals surface area contributed by atoms with Gasteiger partial charge in [0.1, 0.15) is 10.8 Å². The molecule has 4 heterocycles. The zero-order chi connectivity index (χ0) is 18.3. The first kappa shape index (κ1) is 17.2. The van der Waals surface area contributed by atoms with Crippen molar-refractivity contribution in [3.8, 4) is 0 Å². The number of hydrogen-bond acceptors (Lipinski definition) is 6. The number of carbonyl (C=O) groups is 2. The molecule has 0 spiro atoms. The number of furan rings is 1. The fourth-order valence-electron chi connectivity index (χ4n) is 2.86. The molecule has 10 heteroatoms. The maximum atomic E-state index is 12.3. The predicted molar refractivity (Wildman–Crippen MR) is 102 cm³/mol. The molecule has 3 aliphatic heterocycles. The Morgan fingerprint density at radius 1 is 1.38 bits per heavy atom. The number of nitrogens with one attached hydrogen (secondary N) is 1. The Bertz CT molecular complexity index is 897. The van der Waals surface area contributed by atoms with Gasteiger partial charge in [-0.3, -0.25) is 15.0 Å². The largest absolute Gasteiger partial charge is 0.450 e. The summed E-state index contributed by atoms with van der Waals surface area (Å²) in [7, 11) is 0. The van der Waals surface area contributed by atoms with E-state index in [-0.39, 0.29) is 23.7 Å². The first-order valence-corrected chi connectivity index (χ1v) is 9.64. The molecule has 1 aromatic rings. The van der Waals surface area contributed by atoms with E-state index in [1.807, 2.05) is 4.90 Å². The molecule has 1 aromatic heterocycles. The number of rotatable bonds is 3. The summed E-state index contributed by atoms with van der Waals surface area (Å²) in [6.07, 6.45) is 3.68. The first-order chi connectivity index (χ1) is 12.5. The van der Waals surface area contributed by atoms with Crippen molar-refractivity contribution in [1.29, 1.82) is 5.41 Å². The number of halogens is 1. The van der Waals surface area contributed by atoms with Crippen LogP contribution in [-0.4, -0.2) is 50.9 Å². The minimum absolute atomic E-state index is 0.0169. The van der Waals surface area contributed by atoms with Crippen molar-refractivity contribution in [3.05, 3.63) is 28.1 Å². The quantitative estimate of drug-likeness (QED) is 0.735. The summed E-state index contributed by atoms with van der Waals surface area (Å²) in [5, 5.41) is 14.7. The van der Waals surface area contributed by atoms with E-state index < -0.39 is 5.91 Å². The molecule has 1 fully saturated rings. The van der Waals surface area contributed by atoms with Crippen molar-refractivity contribution in [2.75, 3.05) is 13.1 Å². The molecule has 0 atom stereocenters. The van der Waals surface area contributed by atoms with Crippen molar-refractivity contribution < 1.29 is 14.0 Å². The van der Waals surface area contributed by atoms with Crippen molar-refractivity contribution in [2.24, 2.45) is 10.1 Å². The van der Waals surface area contributed by atoms with Gasteiger partial charge < -0.3 is 9.32 Å². The molecular weight excluding hydrogens is 422 g/mol. The lowest BCUT2D eigenvalue weighted by molar-refractivity contribution is -0.128. The number of amides is 2. The lowest BCUT2D eigenvalue weighted by Crippen LogP contribution is -2.35. The molecule has 1 N–H and O–H groups in total. The maximum absolute atomic E-state index is 12.3. The van der Waals surface area contributed by atoms with Gasteiger partial charge in [-0.25, -0.2) is 0 Å². The number of hydrazone groups is 1. The minimum Gasteiger partial charge on any atom is -0.450 e. The summed E-state index contributed by atoms with van der Waals surface area (Å²) in [6.45, 7) is 1.56. The van der Waals surface area contributed by atoms with Crippen LogP contribution in [0.4, 0.5) is 0 Å². The molecule has 0 radical (unpaired) electrons. The molecule has 0 aromatic carbocycles. The van der Waals surface area contributed by atoms with E-state index in [4.69, 9.17) is 9.83 Å². The number of aliphatic imine (C=N–C) groups is 1. The van der Waals surface area contributed by atoms with Crippen LogP contribution in [0.2, 0.25) is 0 Å². The Morgan fingerprint density at radius 2 is 2.15 bits per heavy atom. The predicted octanol–water partition coefficient (Wildman–Crippen LogP) is 2.67. The van der Waals surface area contributed by atoms with Gasteiger partial charge in [0, 0.05) is 13.1 Å². The van der Waals surface area contributed by atoms with E-state index in [1.165, 1.54) is 11.1 Å². The fraction of sp³-hybridized carbons (Fsp3) is 0.312. The van der Waals surface area contributed by atoms with Gasteiger partial charge in [-0.05, 0) is 58.7 Å². The van der Waals surface area contributed by atoms with Crippen LogP contribution in [0.25, 0.3) is 6.08 Å². The van der Waals surface area contributed by atoms with Crippen LogP contribution in [0.5, 0.6) is 0 Å². The Labute approximate surface area is 161 Å². The van der Waals surface area contributed by atoms with Gasteiger partial charge in [0.15, 0.2) is 10.5 Å². The summed E-state index contributed by atoms with van der Waals surface area (Å²) in [4.78, 5) is 30.4. The molecule has 1 saturated heterocycles. The highest BCUT2D eigenvalue weighted by molar-refractivity contribution is 9.10. The summed E-state index contributed by atoms with van der Waals surface area (Å²) in [5.41, 5.74) is 0.0899. The summed E-state index contributed by atoms with van der Waals surface area (Å²) < 4.78 is 5.89. The van der Waals surface area contributed by atoms with E-state index in [2.05, 4.69) is 26.0 Å². The van der Waals surface area contributed by atoms with E-state index >= 15 is 0 Å². The molecule has 0 aliphatic carbocycles. The number of hydrogen-bond donors (Lipinski definition) is 1. The highest BCUT2D eigenvalue weighted by Gasteiger charge is 2.36. The molecule has 0 unspecified atom stereocenters. The monoisotopic (exact) mass is 435 g/mol. The Kier molecular flexibility index (Phi) is 4.53. The van der Waals surface area contributed by atoms with Crippen LogP contribution in [0.3, 0.4) is 0 Å². The third kappa shape index (κ3) is 3.26. The van der Waals surface area contributed by atoms with Gasteiger partial charge in [-0.2, -0.15) is 15.1 Å². The second-order valence-electron chi connectivity index (χ2n) is 5.92. The molecule has 134 valence electrons. The highest BCUT2D eigenvalue weighted by Crippen LogP contribution is 2.30. The smallest absolute Gasteiger partial charge is 0.283 e. The molecule has 8 nitrogen and oxygen atoms in total.